The average Bonchev–Trinajstić information content (AvgIpc) is 1.87. The van der Waals surface area contributed by atoms with Gasteiger partial charge in [0.05, 0.1) is 6.61 Å². The highest BCUT2D eigenvalue weighted by Gasteiger charge is 2.02. The van der Waals surface area contributed by atoms with Crippen LogP contribution in [0.25, 0.3) is 0 Å². The Hall–Kier alpha value is -1.06. The van der Waals surface area contributed by atoms with Crippen molar-refractivity contribution in [1.29, 1.82) is 0 Å². The number of likely N-dealkylation sites (N-methyl/N-ethyl adjacent to an activating group) is 1. The molecule has 0 bridgehead atoms. The normalized spacial score (nSPS) is 10.1. The first-order valence-electron chi connectivity index (χ1n) is 3.56. The first kappa shape index (κ1) is 9.94. The van der Waals surface area contributed by atoms with Crippen molar-refractivity contribution in [3.05, 3.63) is 0 Å². The second-order valence-electron chi connectivity index (χ2n) is 1.99. The molecule has 0 aromatic heterocycles. The minimum absolute atomic E-state index is 0.207. The van der Waals surface area contributed by atoms with Crippen LogP contribution in [0.1, 0.15) is 13.8 Å². The smallest absolute Gasteiger partial charge is 0.327 e. The van der Waals surface area contributed by atoms with E-state index in [-0.39, 0.29) is 12.5 Å². The Labute approximate surface area is 66.8 Å². The number of carbonyl (C=O) groups excluding carboxylic acids is 1. The fourth-order valence-electron chi connectivity index (χ4n) is 0.631. The molecule has 4 heteroatoms. The van der Waals surface area contributed by atoms with Crippen LogP contribution in [0.3, 0.4) is 0 Å². The number of rotatable bonds is 4. The molecule has 0 spiro atoms. The Morgan fingerprint density at radius 3 is 2.82 bits per heavy atom. The van der Waals surface area contributed by atoms with Gasteiger partial charge in [0, 0.05) is 13.3 Å². The molecule has 11 heavy (non-hydrogen) atoms. The summed E-state index contributed by atoms with van der Waals surface area (Å²) >= 11 is 0. The molecule has 0 radical (unpaired) electrons. The number of ether oxygens (including phenoxy) is 1. The number of hydrazone groups is 1. The lowest BCUT2D eigenvalue weighted by molar-refractivity contribution is -0.144. The highest BCUT2D eigenvalue weighted by Crippen LogP contribution is 1.85. The van der Waals surface area contributed by atoms with Crippen molar-refractivity contribution in [2.45, 2.75) is 13.8 Å². The van der Waals surface area contributed by atoms with Gasteiger partial charge in [-0.05, 0) is 13.8 Å². The summed E-state index contributed by atoms with van der Waals surface area (Å²) in [6.07, 6.45) is 1.62. The molecule has 0 rings (SSSR count). The van der Waals surface area contributed by atoms with Gasteiger partial charge in [-0.15, -0.1) is 0 Å². The van der Waals surface area contributed by atoms with Gasteiger partial charge in [-0.1, -0.05) is 0 Å². The van der Waals surface area contributed by atoms with Crippen molar-refractivity contribution in [2.24, 2.45) is 5.10 Å². The van der Waals surface area contributed by atoms with Gasteiger partial charge < -0.3 is 4.74 Å². The standard InChI is InChI=1S/C7H14N2O2/c1-4-8-9(3)6-7(10)11-5-2/h4H,5-6H2,1-3H3. The lowest BCUT2D eigenvalue weighted by atomic mass is 10.6. The minimum Gasteiger partial charge on any atom is -0.465 e. The molecule has 0 heterocycles. The molecule has 0 aromatic rings. The van der Waals surface area contributed by atoms with E-state index in [1.165, 1.54) is 5.01 Å². The van der Waals surface area contributed by atoms with Gasteiger partial charge in [0.25, 0.3) is 0 Å². The molecule has 0 aliphatic rings. The van der Waals surface area contributed by atoms with Crippen LogP contribution in [-0.2, 0) is 9.53 Å². The van der Waals surface area contributed by atoms with E-state index in [1.54, 1.807) is 27.1 Å². The quantitative estimate of drug-likeness (QED) is 0.339. The van der Waals surface area contributed by atoms with E-state index in [9.17, 15) is 4.79 Å². The summed E-state index contributed by atoms with van der Waals surface area (Å²) in [5, 5.41) is 5.38. The summed E-state index contributed by atoms with van der Waals surface area (Å²) < 4.78 is 4.70. The average molecular weight is 158 g/mol. The number of hydrogen-bond acceptors (Lipinski definition) is 4. The number of esters is 1. The zero-order valence-electron chi connectivity index (χ0n) is 7.20. The van der Waals surface area contributed by atoms with Gasteiger partial charge in [-0.3, -0.25) is 9.80 Å². The van der Waals surface area contributed by atoms with Crippen molar-refractivity contribution >= 4 is 12.2 Å². The summed E-state index contributed by atoms with van der Waals surface area (Å²) in [6, 6.07) is 0. The molecule has 0 atom stereocenters. The maximum Gasteiger partial charge on any atom is 0.327 e. The van der Waals surface area contributed by atoms with E-state index < -0.39 is 0 Å². The Kier molecular flexibility index (Phi) is 5.15. The maximum absolute atomic E-state index is 10.8. The van der Waals surface area contributed by atoms with Gasteiger partial charge in [-0.2, -0.15) is 5.10 Å². The molecule has 0 unspecified atom stereocenters. The van der Waals surface area contributed by atoms with Crippen LogP contribution in [-0.4, -0.2) is 37.4 Å². The summed E-state index contributed by atoms with van der Waals surface area (Å²) in [5.74, 6) is -0.249. The molecule has 0 N–H and O–H groups in total. The van der Waals surface area contributed by atoms with E-state index in [2.05, 4.69) is 5.10 Å². The van der Waals surface area contributed by atoms with Crippen molar-refractivity contribution in [3.63, 3.8) is 0 Å². The lowest BCUT2D eigenvalue weighted by Gasteiger charge is -2.10. The summed E-state index contributed by atoms with van der Waals surface area (Å²) in [6.45, 7) is 4.20. The third-order valence-electron chi connectivity index (χ3n) is 0.976. The lowest BCUT2D eigenvalue weighted by Crippen LogP contribution is -2.22. The van der Waals surface area contributed by atoms with Crippen LogP contribution < -0.4 is 0 Å². The van der Waals surface area contributed by atoms with Gasteiger partial charge >= 0.3 is 5.97 Å². The monoisotopic (exact) mass is 158 g/mol. The minimum atomic E-state index is -0.249. The molecule has 0 aliphatic carbocycles. The third kappa shape index (κ3) is 5.39. The Morgan fingerprint density at radius 1 is 1.73 bits per heavy atom. The Morgan fingerprint density at radius 2 is 2.36 bits per heavy atom. The van der Waals surface area contributed by atoms with Crippen LogP contribution in [0.5, 0.6) is 0 Å². The molecule has 0 saturated heterocycles. The van der Waals surface area contributed by atoms with Gasteiger partial charge in [-0.25, -0.2) is 0 Å². The Balaban J connectivity index is 3.57. The molecule has 0 fully saturated rings. The molecular weight excluding hydrogens is 144 g/mol. The SMILES string of the molecule is CC=NN(C)CC(=O)OCC. The molecule has 4 nitrogen and oxygen atoms in total. The zero-order valence-corrected chi connectivity index (χ0v) is 7.20. The second kappa shape index (κ2) is 5.70. The first-order valence-corrected chi connectivity index (χ1v) is 3.56. The molecule has 0 amide bonds. The fraction of sp³-hybridized carbons (Fsp3) is 0.714. The number of hydrogen-bond donors (Lipinski definition) is 0. The van der Waals surface area contributed by atoms with Crippen LogP contribution in [0.4, 0.5) is 0 Å². The van der Waals surface area contributed by atoms with Crippen molar-refractivity contribution < 1.29 is 9.53 Å². The predicted octanol–water partition coefficient (Wildman–Crippen LogP) is 0.487. The van der Waals surface area contributed by atoms with Crippen LogP contribution in [0.15, 0.2) is 5.10 Å². The van der Waals surface area contributed by atoms with E-state index in [4.69, 9.17) is 4.74 Å². The molecule has 0 aromatic carbocycles. The van der Waals surface area contributed by atoms with Crippen LogP contribution >= 0.6 is 0 Å². The Bertz CT molecular complexity index is 145. The van der Waals surface area contributed by atoms with E-state index in [0.29, 0.717) is 6.61 Å². The first-order chi connectivity index (χ1) is 5.20. The van der Waals surface area contributed by atoms with Crippen LogP contribution in [0, 0.1) is 0 Å². The predicted molar refractivity (Wildman–Crippen MR) is 43.4 cm³/mol. The van der Waals surface area contributed by atoms with Crippen molar-refractivity contribution in [2.75, 3.05) is 20.2 Å². The molecule has 0 aliphatic heterocycles. The van der Waals surface area contributed by atoms with Gasteiger partial charge in [0.1, 0.15) is 6.54 Å². The van der Waals surface area contributed by atoms with Crippen molar-refractivity contribution in [1.82, 2.24) is 5.01 Å². The maximum atomic E-state index is 10.8. The highest BCUT2D eigenvalue weighted by molar-refractivity contribution is 5.71. The molecular formula is C7H14N2O2. The largest absolute Gasteiger partial charge is 0.465 e. The summed E-state index contributed by atoms with van der Waals surface area (Å²) in [5.41, 5.74) is 0. The third-order valence-corrected chi connectivity index (χ3v) is 0.976. The van der Waals surface area contributed by atoms with E-state index in [0.717, 1.165) is 0 Å². The molecule has 0 saturated carbocycles. The summed E-state index contributed by atoms with van der Waals surface area (Å²) in [7, 11) is 1.72. The van der Waals surface area contributed by atoms with Crippen molar-refractivity contribution in [3.8, 4) is 0 Å². The van der Waals surface area contributed by atoms with Gasteiger partial charge in [0.15, 0.2) is 0 Å². The van der Waals surface area contributed by atoms with Crippen LogP contribution in [0.2, 0.25) is 0 Å². The number of carbonyl (C=O) groups is 1. The topological polar surface area (TPSA) is 41.9 Å². The van der Waals surface area contributed by atoms with E-state index in [1.807, 2.05) is 0 Å². The second-order valence-corrected chi connectivity index (χ2v) is 1.99. The molecule has 64 valence electrons. The van der Waals surface area contributed by atoms with E-state index >= 15 is 0 Å². The highest BCUT2D eigenvalue weighted by atomic mass is 16.5. The number of nitrogens with zero attached hydrogens (tertiary/aromatic N) is 2. The zero-order chi connectivity index (χ0) is 8.69. The van der Waals surface area contributed by atoms with Gasteiger partial charge in [0.2, 0.25) is 0 Å². The summed E-state index contributed by atoms with van der Waals surface area (Å²) in [4.78, 5) is 10.8. The fourth-order valence-corrected chi connectivity index (χ4v) is 0.631.